The zero-order valence-electron chi connectivity index (χ0n) is 17.0. The maximum atomic E-state index is 12.8. The van der Waals surface area contributed by atoms with E-state index in [1.165, 1.54) is 12.1 Å². The summed E-state index contributed by atoms with van der Waals surface area (Å²) >= 11 is 0. The number of halogens is 3. The highest BCUT2D eigenvalue weighted by molar-refractivity contribution is 5.95. The lowest BCUT2D eigenvalue weighted by molar-refractivity contribution is -0.137. The van der Waals surface area contributed by atoms with Crippen LogP contribution in [0.15, 0.2) is 61.1 Å². The van der Waals surface area contributed by atoms with Gasteiger partial charge in [-0.1, -0.05) is 6.07 Å². The Morgan fingerprint density at radius 3 is 2.52 bits per heavy atom. The number of H-pyrrole nitrogens is 1. The van der Waals surface area contributed by atoms with E-state index in [9.17, 15) is 13.2 Å². The van der Waals surface area contributed by atoms with Crippen molar-refractivity contribution in [1.82, 2.24) is 14.8 Å². The molecule has 1 N–H and O–H groups in total. The Morgan fingerprint density at radius 1 is 1.06 bits per heavy atom. The second kappa shape index (κ2) is 7.16. The average Bonchev–Trinajstić information content (AvgIpc) is 3.45. The zero-order chi connectivity index (χ0) is 21.8. The molecular weight excluding hydrogens is 405 g/mol. The molecule has 2 unspecified atom stereocenters. The predicted molar refractivity (Wildman–Crippen MR) is 113 cm³/mol. The average molecular weight is 426 g/mol. The van der Waals surface area contributed by atoms with Crippen LogP contribution in [-0.4, -0.2) is 26.9 Å². The number of hydrogen-bond donors (Lipinski definition) is 1. The lowest BCUT2D eigenvalue weighted by Gasteiger charge is -2.21. The highest BCUT2D eigenvalue weighted by atomic mass is 19.4. The van der Waals surface area contributed by atoms with Crippen LogP contribution >= 0.6 is 0 Å². The molecule has 1 saturated heterocycles. The van der Waals surface area contributed by atoms with Gasteiger partial charge in [0.1, 0.15) is 0 Å². The van der Waals surface area contributed by atoms with Gasteiger partial charge in [-0.25, -0.2) is 9.75 Å². The van der Waals surface area contributed by atoms with Gasteiger partial charge in [-0.3, -0.25) is 4.84 Å². The van der Waals surface area contributed by atoms with E-state index >= 15 is 0 Å². The van der Waals surface area contributed by atoms with Crippen molar-refractivity contribution in [2.24, 2.45) is 0 Å². The summed E-state index contributed by atoms with van der Waals surface area (Å²) in [6, 6.07) is 11.3. The minimum absolute atomic E-state index is 0.171. The Bertz CT molecular complexity index is 1230. The molecule has 0 bridgehead atoms. The van der Waals surface area contributed by atoms with E-state index in [1.807, 2.05) is 29.6 Å². The third-order valence-corrected chi connectivity index (χ3v) is 5.64. The number of rotatable bonds is 3. The molecule has 2 aromatic carbocycles. The summed E-state index contributed by atoms with van der Waals surface area (Å²) in [5, 5.41) is 7.34. The summed E-state index contributed by atoms with van der Waals surface area (Å²) in [4.78, 5) is 9.28. The molecule has 0 spiro atoms. The maximum absolute atomic E-state index is 12.8. The van der Waals surface area contributed by atoms with Gasteiger partial charge in [0.25, 0.3) is 0 Å². The summed E-state index contributed by atoms with van der Waals surface area (Å²) in [5.41, 5.74) is 3.72. The minimum atomic E-state index is -4.36. The predicted octanol–water partition coefficient (Wildman–Crippen LogP) is 5.96. The number of nitrogens with zero attached hydrogens (tertiary/aromatic N) is 3. The summed E-state index contributed by atoms with van der Waals surface area (Å²) in [6.45, 7) is 4.20. The normalized spacial score (nSPS) is 19.5. The smallest absolute Gasteiger partial charge is 0.359 e. The molecule has 2 aromatic heterocycles. The Morgan fingerprint density at radius 2 is 1.84 bits per heavy atom. The topological polar surface area (TPSA) is 46.1 Å². The SMILES string of the molecule is CC1CC(C)N(c2c[nH]c3ccc(-c4cnn(-c5ccc(C(F)(F)F)cc5)c4)cc23)O1. The van der Waals surface area contributed by atoms with Crippen molar-refractivity contribution >= 4 is 16.6 Å². The molecule has 3 heterocycles. The van der Waals surface area contributed by atoms with E-state index in [0.717, 1.165) is 46.3 Å². The van der Waals surface area contributed by atoms with Crippen molar-refractivity contribution in [3.05, 3.63) is 66.6 Å². The number of benzene rings is 2. The monoisotopic (exact) mass is 426 g/mol. The number of anilines is 1. The van der Waals surface area contributed by atoms with Gasteiger partial charge in [0.2, 0.25) is 0 Å². The van der Waals surface area contributed by atoms with Crippen LogP contribution in [-0.2, 0) is 11.0 Å². The molecular formula is C23H21F3N4O. The summed E-state index contributed by atoms with van der Waals surface area (Å²) in [7, 11) is 0. The summed E-state index contributed by atoms with van der Waals surface area (Å²) < 4.78 is 40.0. The largest absolute Gasteiger partial charge is 0.416 e. The van der Waals surface area contributed by atoms with E-state index in [2.05, 4.69) is 30.0 Å². The number of fused-ring (bicyclic) bond motifs is 1. The first kappa shape index (κ1) is 19.7. The second-order valence-corrected chi connectivity index (χ2v) is 7.98. The molecule has 0 amide bonds. The van der Waals surface area contributed by atoms with Gasteiger partial charge in [0.15, 0.2) is 0 Å². The van der Waals surface area contributed by atoms with Crippen LogP contribution in [0.5, 0.6) is 0 Å². The Balaban J connectivity index is 1.47. The van der Waals surface area contributed by atoms with Crippen LogP contribution in [0.1, 0.15) is 25.8 Å². The van der Waals surface area contributed by atoms with Gasteiger partial charge in [-0.15, -0.1) is 0 Å². The number of nitrogens with one attached hydrogen (secondary N) is 1. The Kier molecular flexibility index (Phi) is 4.55. The first-order valence-electron chi connectivity index (χ1n) is 10.1. The summed E-state index contributed by atoms with van der Waals surface area (Å²) in [6.07, 6.45) is 2.26. The number of hydrogen-bond acceptors (Lipinski definition) is 3. The van der Waals surface area contributed by atoms with E-state index < -0.39 is 11.7 Å². The Hall–Kier alpha value is -3.26. The fraction of sp³-hybridized carbons (Fsp3) is 0.261. The lowest BCUT2D eigenvalue weighted by atomic mass is 10.1. The van der Waals surface area contributed by atoms with Gasteiger partial charge in [-0.2, -0.15) is 18.3 Å². The van der Waals surface area contributed by atoms with Crippen molar-refractivity contribution in [1.29, 1.82) is 0 Å². The van der Waals surface area contributed by atoms with Gasteiger partial charge in [0, 0.05) is 28.9 Å². The van der Waals surface area contributed by atoms with Crippen molar-refractivity contribution in [2.75, 3.05) is 5.06 Å². The van der Waals surface area contributed by atoms with Crippen molar-refractivity contribution in [3.8, 4) is 16.8 Å². The maximum Gasteiger partial charge on any atom is 0.416 e. The van der Waals surface area contributed by atoms with E-state index in [4.69, 9.17) is 4.84 Å². The van der Waals surface area contributed by atoms with Crippen LogP contribution in [0, 0.1) is 0 Å². The number of aromatic nitrogens is 3. The molecule has 5 nitrogen and oxygen atoms in total. The minimum Gasteiger partial charge on any atom is -0.359 e. The standard InChI is InChI=1S/C23H21F3N4O/c1-14-9-15(2)31-30(14)22-12-27-21-8-3-16(10-20(21)22)17-11-28-29(13-17)19-6-4-18(5-7-19)23(24,25)26/h3-8,10-15,27H,9H2,1-2H3. The molecule has 0 saturated carbocycles. The zero-order valence-corrected chi connectivity index (χ0v) is 17.0. The number of aromatic amines is 1. The van der Waals surface area contributed by atoms with E-state index in [0.29, 0.717) is 5.69 Å². The second-order valence-electron chi connectivity index (χ2n) is 7.98. The van der Waals surface area contributed by atoms with Crippen molar-refractivity contribution in [3.63, 3.8) is 0 Å². The molecule has 4 aromatic rings. The van der Waals surface area contributed by atoms with Crippen molar-refractivity contribution < 1.29 is 18.0 Å². The highest BCUT2D eigenvalue weighted by Crippen LogP contribution is 2.36. The molecule has 1 fully saturated rings. The van der Waals surface area contributed by atoms with Gasteiger partial charge in [0.05, 0.1) is 35.3 Å². The quantitative estimate of drug-likeness (QED) is 0.440. The molecule has 0 radical (unpaired) electrons. The number of hydroxylamine groups is 1. The fourth-order valence-corrected chi connectivity index (χ4v) is 4.10. The lowest BCUT2D eigenvalue weighted by Crippen LogP contribution is -2.24. The molecule has 1 aliphatic rings. The first-order valence-corrected chi connectivity index (χ1v) is 10.1. The van der Waals surface area contributed by atoms with Crippen LogP contribution < -0.4 is 5.06 Å². The van der Waals surface area contributed by atoms with Gasteiger partial charge in [-0.05, 0) is 62.2 Å². The molecule has 2 atom stereocenters. The molecule has 5 rings (SSSR count). The molecule has 160 valence electrons. The third kappa shape index (κ3) is 3.57. The van der Waals surface area contributed by atoms with Crippen LogP contribution in [0.25, 0.3) is 27.7 Å². The highest BCUT2D eigenvalue weighted by Gasteiger charge is 2.30. The first-order chi connectivity index (χ1) is 14.8. The Labute approximate surface area is 177 Å². The molecule has 8 heteroatoms. The van der Waals surface area contributed by atoms with Gasteiger partial charge >= 0.3 is 6.18 Å². The van der Waals surface area contributed by atoms with Crippen molar-refractivity contribution in [2.45, 2.75) is 38.6 Å². The molecule has 1 aliphatic heterocycles. The molecule has 31 heavy (non-hydrogen) atoms. The number of alkyl halides is 3. The van der Waals surface area contributed by atoms with E-state index in [1.54, 1.807) is 10.9 Å². The van der Waals surface area contributed by atoms with E-state index in [-0.39, 0.29) is 12.1 Å². The molecule has 0 aliphatic carbocycles. The van der Waals surface area contributed by atoms with Gasteiger partial charge < -0.3 is 4.98 Å². The fourth-order valence-electron chi connectivity index (χ4n) is 4.10. The van der Waals surface area contributed by atoms with Crippen LogP contribution in [0.3, 0.4) is 0 Å². The van der Waals surface area contributed by atoms with Crippen LogP contribution in [0.2, 0.25) is 0 Å². The van der Waals surface area contributed by atoms with Crippen LogP contribution in [0.4, 0.5) is 18.9 Å². The third-order valence-electron chi connectivity index (χ3n) is 5.64. The summed E-state index contributed by atoms with van der Waals surface area (Å²) in [5.74, 6) is 0.